The van der Waals surface area contributed by atoms with Crippen LogP contribution in [0.25, 0.3) is 22.3 Å². The SMILES string of the molecule is CCCCCCCCN=N[N]=[W]=[C](c1c(-c2cccc(C(C)(C)C)c2O)cccc1-c1cccc(C(C)(C)C)c1O)C(C)(C)C.[CH-]1CCCO1. The van der Waals surface area contributed by atoms with E-state index in [1.54, 1.807) is 0 Å². The fourth-order valence-corrected chi connectivity index (χ4v) is 8.76. The second kappa shape index (κ2) is 19.1. The molecule has 1 aliphatic rings. The zero-order valence-corrected chi connectivity index (χ0v) is 35.3. The average Bonchev–Trinajstić information content (AvgIpc) is 3.63. The molecule has 0 atom stereocenters. The van der Waals surface area contributed by atoms with Gasteiger partial charge in [-0.2, -0.15) is 6.42 Å². The Morgan fingerprint density at radius 1 is 0.720 bits per heavy atom. The normalized spacial score (nSPS) is 13.6. The summed E-state index contributed by atoms with van der Waals surface area (Å²) in [6, 6.07) is 18.3. The summed E-state index contributed by atoms with van der Waals surface area (Å²) in [5.74, 6) is 0.592. The second-order valence-electron chi connectivity index (χ2n) is 16.3. The van der Waals surface area contributed by atoms with Crippen LogP contribution in [-0.2, 0) is 33.5 Å². The smallest absolute Gasteiger partial charge is 0.00878 e. The molecule has 0 saturated carbocycles. The molecule has 0 radical (unpaired) electrons. The van der Waals surface area contributed by atoms with E-state index in [0.717, 1.165) is 58.4 Å². The number of hydrogen-bond donors (Lipinski definition) is 2. The van der Waals surface area contributed by atoms with Gasteiger partial charge < -0.3 is 4.74 Å². The van der Waals surface area contributed by atoms with Gasteiger partial charge in [0.1, 0.15) is 0 Å². The number of nitrogens with zero attached hydrogens (tertiary/aromatic N) is 3. The van der Waals surface area contributed by atoms with E-state index in [2.05, 4.69) is 91.7 Å². The Morgan fingerprint density at radius 2 is 1.22 bits per heavy atom. The van der Waals surface area contributed by atoms with E-state index >= 15 is 0 Å². The molecule has 4 rings (SSSR count). The van der Waals surface area contributed by atoms with E-state index in [0.29, 0.717) is 18.0 Å². The van der Waals surface area contributed by atoms with Crippen molar-refractivity contribution in [2.75, 3.05) is 13.2 Å². The molecule has 2 N–H and O–H groups in total. The summed E-state index contributed by atoms with van der Waals surface area (Å²) in [5, 5.41) is 32.2. The van der Waals surface area contributed by atoms with E-state index in [-0.39, 0.29) is 16.2 Å². The molecule has 274 valence electrons. The summed E-state index contributed by atoms with van der Waals surface area (Å²) in [6.45, 7) is 25.2. The maximum Gasteiger partial charge on any atom is 0.00878 e. The number of rotatable bonds is 11. The molecule has 1 aliphatic heterocycles. The first kappa shape index (κ1) is 41.6. The molecular weight excluding hydrogens is 790 g/mol. The number of benzene rings is 3. The van der Waals surface area contributed by atoms with Crippen LogP contribution in [0, 0.1) is 12.0 Å². The predicted molar refractivity (Wildman–Crippen MR) is 207 cm³/mol. The van der Waals surface area contributed by atoms with Crippen molar-refractivity contribution in [2.45, 2.75) is 131 Å². The van der Waals surface area contributed by atoms with Crippen LogP contribution >= 0.6 is 0 Å². The molecular formula is C43H62N3O3W-. The fourth-order valence-electron chi connectivity index (χ4n) is 6.04. The van der Waals surface area contributed by atoms with Gasteiger partial charge in [0.05, 0.1) is 0 Å². The van der Waals surface area contributed by atoms with Crippen molar-refractivity contribution in [1.82, 2.24) is 0 Å². The molecule has 0 bridgehead atoms. The van der Waals surface area contributed by atoms with Crippen molar-refractivity contribution in [3.05, 3.63) is 77.9 Å². The Bertz CT molecular complexity index is 1540. The van der Waals surface area contributed by atoms with Gasteiger partial charge in [-0.3, -0.25) is 0 Å². The van der Waals surface area contributed by atoms with E-state index in [1.165, 1.54) is 42.4 Å². The monoisotopic (exact) mass is 852 g/mol. The molecule has 3 aromatic carbocycles. The van der Waals surface area contributed by atoms with Gasteiger partial charge in [0, 0.05) is 6.61 Å². The summed E-state index contributed by atoms with van der Waals surface area (Å²) in [6.07, 6.45) is 9.71. The largest absolute Gasteiger partial charge is 0.552 e. The summed E-state index contributed by atoms with van der Waals surface area (Å²) >= 11 is -1.58. The number of aromatic hydroxyl groups is 2. The van der Waals surface area contributed by atoms with Crippen LogP contribution in [0.1, 0.15) is 137 Å². The number of unbranched alkanes of at least 4 members (excludes halogenated alkanes) is 5. The number of phenols is 2. The summed E-state index contributed by atoms with van der Waals surface area (Å²) in [7, 11) is 0. The molecule has 0 spiro atoms. The first-order valence-electron chi connectivity index (χ1n) is 18.4. The molecule has 6 nitrogen and oxygen atoms in total. The number of phenolic OH excluding ortho intramolecular Hbond substituents is 2. The van der Waals surface area contributed by atoms with Crippen molar-refractivity contribution in [1.29, 1.82) is 0 Å². The Morgan fingerprint density at radius 3 is 1.66 bits per heavy atom. The van der Waals surface area contributed by atoms with Gasteiger partial charge in [0.25, 0.3) is 0 Å². The third-order valence-electron chi connectivity index (χ3n) is 8.79. The molecule has 0 unspecified atom stereocenters. The molecule has 0 amide bonds. The molecule has 3 aromatic rings. The molecule has 1 fully saturated rings. The van der Waals surface area contributed by atoms with E-state index in [1.807, 2.05) is 49.1 Å². The standard InChI is InChI=1S/C31H38O2.C8H17N3.C4H7O.W/c1-29(2,3)19-24-20(22-15-11-17-25(27(22)32)30(4,5)6)13-10-14-21(24)23-16-12-18-26(28(23)33)31(7,8)9;1-2-3-4-5-6-7-8-10-11-9;1-2-4-5-3-1;/h10-18,32-33H,1-9H3;2-8H2,1H3;3H,1-2,4H2;/q;;-1;. The third kappa shape index (κ3) is 11.9. The van der Waals surface area contributed by atoms with E-state index < -0.39 is 17.9 Å². The van der Waals surface area contributed by atoms with Crippen LogP contribution < -0.4 is 0 Å². The Balaban J connectivity index is 0.00000124. The first-order valence-corrected chi connectivity index (χ1v) is 21.2. The van der Waals surface area contributed by atoms with Crippen molar-refractivity contribution in [2.24, 2.45) is 19.4 Å². The minimum Gasteiger partial charge on any atom is -0.552 e. The minimum absolute atomic E-state index is 0.220. The zero-order chi connectivity index (χ0) is 37.0. The summed E-state index contributed by atoms with van der Waals surface area (Å²) < 4.78 is 10.8. The van der Waals surface area contributed by atoms with Gasteiger partial charge in [-0.1, -0.05) is 6.42 Å². The van der Waals surface area contributed by atoms with Gasteiger partial charge in [-0.25, -0.2) is 6.61 Å². The van der Waals surface area contributed by atoms with Crippen LogP contribution in [0.5, 0.6) is 11.5 Å². The fraction of sp³-hybridized carbons (Fsp3) is 0.535. The molecule has 1 saturated heterocycles. The quantitative estimate of drug-likeness (QED) is 0.0872. The minimum atomic E-state index is -1.58. The number of para-hydroxylation sites is 2. The maximum atomic E-state index is 11.7. The van der Waals surface area contributed by atoms with Gasteiger partial charge in [0.2, 0.25) is 0 Å². The molecule has 0 aliphatic carbocycles. The molecule has 1 heterocycles. The van der Waals surface area contributed by atoms with Crippen molar-refractivity contribution in [3.63, 3.8) is 0 Å². The van der Waals surface area contributed by atoms with Crippen LogP contribution in [0.2, 0.25) is 0 Å². The Labute approximate surface area is 311 Å². The molecule has 50 heavy (non-hydrogen) atoms. The van der Waals surface area contributed by atoms with Gasteiger partial charge in [-0.05, 0) is 0 Å². The number of hydrogen-bond acceptors (Lipinski definition) is 5. The van der Waals surface area contributed by atoms with E-state index in [4.69, 9.17) is 8.34 Å². The van der Waals surface area contributed by atoms with E-state index in [9.17, 15) is 10.2 Å². The van der Waals surface area contributed by atoms with Gasteiger partial charge >= 0.3 is 282 Å². The van der Waals surface area contributed by atoms with Crippen molar-refractivity contribution in [3.8, 4) is 33.8 Å². The van der Waals surface area contributed by atoms with Gasteiger partial charge in [0.15, 0.2) is 0 Å². The Kier molecular flexibility index (Phi) is 15.9. The zero-order valence-electron chi connectivity index (χ0n) is 32.4. The van der Waals surface area contributed by atoms with Crippen LogP contribution in [0.15, 0.2) is 68.5 Å². The van der Waals surface area contributed by atoms with Crippen LogP contribution in [0.3, 0.4) is 0 Å². The molecule has 7 heteroatoms. The molecule has 0 aromatic heterocycles. The summed E-state index contributed by atoms with van der Waals surface area (Å²) in [4.78, 5) is 0. The summed E-state index contributed by atoms with van der Waals surface area (Å²) in [5.41, 5.74) is 5.63. The second-order valence-corrected chi connectivity index (χ2v) is 19.0. The Hall–Kier alpha value is -2.82. The maximum absolute atomic E-state index is 11.7. The topological polar surface area (TPSA) is 86.8 Å². The first-order chi connectivity index (χ1) is 23.6. The number of ether oxygens (including phenoxy) is 1. The third-order valence-corrected chi connectivity index (χ3v) is 12.9. The van der Waals surface area contributed by atoms with Crippen LogP contribution in [0.4, 0.5) is 0 Å². The predicted octanol–water partition coefficient (Wildman–Crippen LogP) is 12.5. The van der Waals surface area contributed by atoms with Crippen molar-refractivity contribution < 1.29 is 32.9 Å². The van der Waals surface area contributed by atoms with Gasteiger partial charge in [-0.15, -0.1) is 0 Å². The average molecular weight is 853 g/mol. The van der Waals surface area contributed by atoms with Crippen LogP contribution in [-0.4, -0.2) is 27.3 Å². The van der Waals surface area contributed by atoms with Crippen molar-refractivity contribution >= 4 is 3.90 Å².